The Labute approximate surface area is 129 Å². The highest BCUT2D eigenvalue weighted by molar-refractivity contribution is 7.90. The second kappa shape index (κ2) is 5.88. The Balaban J connectivity index is 2.37. The Bertz CT molecular complexity index is 836. The molecule has 0 aliphatic carbocycles. The van der Waals surface area contributed by atoms with E-state index in [9.17, 15) is 8.42 Å². The van der Waals surface area contributed by atoms with Gasteiger partial charge in [0, 0.05) is 5.02 Å². The van der Waals surface area contributed by atoms with Gasteiger partial charge in [0.2, 0.25) is 0 Å². The second-order valence-corrected chi connectivity index (χ2v) is 7.32. The van der Waals surface area contributed by atoms with Crippen molar-refractivity contribution in [3.63, 3.8) is 0 Å². The molecule has 0 amide bonds. The Hall–Kier alpha value is -1.83. The maximum atomic E-state index is 12.4. The van der Waals surface area contributed by atoms with Crippen LogP contribution in [0.15, 0.2) is 41.3 Å². The zero-order valence-electron chi connectivity index (χ0n) is 11.7. The van der Waals surface area contributed by atoms with Crippen LogP contribution in [0.25, 0.3) is 0 Å². The summed E-state index contributed by atoms with van der Waals surface area (Å²) in [6, 6.07) is 11.7. The van der Waals surface area contributed by atoms with Gasteiger partial charge in [-0.05, 0) is 54.8 Å². The first-order valence-electron chi connectivity index (χ1n) is 6.32. The standard InChI is InChI=1S/C16H14ClNO2S/c1-11-3-6-15(7-12(11)2)21(19,20)10-14-5-4-13(9-18)8-16(14)17/h3-8H,10H2,1-2H3. The maximum Gasteiger partial charge on any atom is 0.182 e. The number of sulfone groups is 1. The van der Waals surface area contributed by atoms with Gasteiger partial charge in [-0.1, -0.05) is 23.7 Å². The lowest BCUT2D eigenvalue weighted by Crippen LogP contribution is -2.06. The molecular weight excluding hydrogens is 306 g/mol. The molecule has 0 radical (unpaired) electrons. The largest absolute Gasteiger partial charge is 0.223 e. The van der Waals surface area contributed by atoms with Gasteiger partial charge in [0.05, 0.1) is 22.3 Å². The summed E-state index contributed by atoms with van der Waals surface area (Å²) in [5.41, 5.74) is 2.88. The lowest BCUT2D eigenvalue weighted by molar-refractivity contribution is 0.595. The van der Waals surface area contributed by atoms with Gasteiger partial charge in [0.25, 0.3) is 0 Å². The predicted molar refractivity (Wildman–Crippen MR) is 83.0 cm³/mol. The first-order chi connectivity index (χ1) is 9.83. The number of halogens is 1. The van der Waals surface area contributed by atoms with Crippen molar-refractivity contribution in [1.29, 1.82) is 5.26 Å². The summed E-state index contributed by atoms with van der Waals surface area (Å²) >= 11 is 6.04. The van der Waals surface area contributed by atoms with Crippen LogP contribution in [0.3, 0.4) is 0 Å². The fourth-order valence-corrected chi connectivity index (χ4v) is 3.72. The van der Waals surface area contributed by atoms with Gasteiger partial charge in [-0.3, -0.25) is 0 Å². The smallest absolute Gasteiger partial charge is 0.182 e. The summed E-state index contributed by atoms with van der Waals surface area (Å²) in [4.78, 5) is 0.283. The normalized spacial score (nSPS) is 11.1. The molecule has 0 N–H and O–H groups in total. The fraction of sp³-hybridized carbons (Fsp3) is 0.188. The molecular formula is C16H14ClNO2S. The van der Waals surface area contributed by atoms with Crippen molar-refractivity contribution in [1.82, 2.24) is 0 Å². The number of hydrogen-bond acceptors (Lipinski definition) is 3. The van der Waals surface area contributed by atoms with Crippen LogP contribution in [-0.2, 0) is 15.6 Å². The second-order valence-electron chi connectivity index (χ2n) is 4.92. The third-order valence-corrected chi connectivity index (χ3v) is 5.38. The van der Waals surface area contributed by atoms with Crippen molar-refractivity contribution in [2.45, 2.75) is 24.5 Å². The summed E-state index contributed by atoms with van der Waals surface area (Å²) in [7, 11) is -3.46. The molecule has 0 aliphatic rings. The topological polar surface area (TPSA) is 57.9 Å². The van der Waals surface area contributed by atoms with Crippen LogP contribution in [0.5, 0.6) is 0 Å². The van der Waals surface area contributed by atoms with Gasteiger partial charge >= 0.3 is 0 Å². The predicted octanol–water partition coefficient (Wildman–Crippen LogP) is 3.80. The summed E-state index contributed by atoms with van der Waals surface area (Å²) in [6.45, 7) is 3.81. The van der Waals surface area contributed by atoms with Crippen LogP contribution in [-0.4, -0.2) is 8.42 Å². The van der Waals surface area contributed by atoms with E-state index in [4.69, 9.17) is 16.9 Å². The monoisotopic (exact) mass is 319 g/mol. The number of rotatable bonds is 3. The van der Waals surface area contributed by atoms with Crippen molar-refractivity contribution < 1.29 is 8.42 Å². The lowest BCUT2D eigenvalue weighted by Gasteiger charge is -2.08. The van der Waals surface area contributed by atoms with Crippen molar-refractivity contribution in [2.24, 2.45) is 0 Å². The van der Waals surface area contributed by atoms with Crippen LogP contribution >= 0.6 is 11.6 Å². The zero-order chi connectivity index (χ0) is 15.6. The molecule has 2 rings (SSSR count). The minimum Gasteiger partial charge on any atom is -0.223 e. The molecule has 2 aromatic rings. The van der Waals surface area contributed by atoms with E-state index in [2.05, 4.69) is 0 Å². The van der Waals surface area contributed by atoms with E-state index in [0.717, 1.165) is 11.1 Å². The van der Waals surface area contributed by atoms with Crippen LogP contribution in [0.4, 0.5) is 0 Å². The highest BCUT2D eigenvalue weighted by Crippen LogP contribution is 2.24. The number of hydrogen-bond donors (Lipinski definition) is 0. The number of nitriles is 1. The van der Waals surface area contributed by atoms with Gasteiger partial charge in [0.1, 0.15) is 0 Å². The Morgan fingerprint density at radius 1 is 1.10 bits per heavy atom. The van der Waals surface area contributed by atoms with E-state index in [0.29, 0.717) is 16.1 Å². The number of nitrogens with zero attached hydrogens (tertiary/aromatic N) is 1. The average Bonchev–Trinajstić information content (AvgIpc) is 2.43. The van der Waals surface area contributed by atoms with Crippen molar-refractivity contribution in [3.05, 3.63) is 63.7 Å². The minimum atomic E-state index is -3.46. The van der Waals surface area contributed by atoms with Crippen molar-refractivity contribution in [2.75, 3.05) is 0 Å². The van der Waals surface area contributed by atoms with Crippen LogP contribution in [0.1, 0.15) is 22.3 Å². The first kappa shape index (κ1) is 15.6. The van der Waals surface area contributed by atoms with E-state index < -0.39 is 9.84 Å². The SMILES string of the molecule is Cc1ccc(S(=O)(=O)Cc2ccc(C#N)cc2Cl)cc1C. The highest BCUT2D eigenvalue weighted by Gasteiger charge is 2.17. The molecule has 0 aliphatic heterocycles. The van der Waals surface area contributed by atoms with Gasteiger partial charge in [-0.2, -0.15) is 5.26 Å². The first-order valence-corrected chi connectivity index (χ1v) is 8.35. The molecule has 0 saturated carbocycles. The molecule has 0 atom stereocenters. The van der Waals surface area contributed by atoms with E-state index in [1.807, 2.05) is 19.9 Å². The third-order valence-electron chi connectivity index (χ3n) is 3.37. The van der Waals surface area contributed by atoms with E-state index in [1.165, 1.54) is 6.07 Å². The van der Waals surface area contributed by atoms with Crippen molar-refractivity contribution in [3.8, 4) is 6.07 Å². The Morgan fingerprint density at radius 2 is 1.81 bits per heavy atom. The zero-order valence-corrected chi connectivity index (χ0v) is 13.3. The van der Waals surface area contributed by atoms with Crippen LogP contribution in [0.2, 0.25) is 5.02 Å². The molecule has 0 heterocycles. The van der Waals surface area contributed by atoms with Gasteiger partial charge in [0.15, 0.2) is 9.84 Å². The summed E-state index contributed by atoms with van der Waals surface area (Å²) < 4.78 is 24.9. The summed E-state index contributed by atoms with van der Waals surface area (Å²) in [6.07, 6.45) is 0. The number of benzene rings is 2. The molecule has 0 spiro atoms. The van der Waals surface area contributed by atoms with E-state index >= 15 is 0 Å². The average molecular weight is 320 g/mol. The quantitative estimate of drug-likeness (QED) is 0.864. The lowest BCUT2D eigenvalue weighted by atomic mass is 10.1. The van der Waals surface area contributed by atoms with E-state index in [-0.39, 0.29) is 10.6 Å². The highest BCUT2D eigenvalue weighted by atomic mass is 35.5. The summed E-state index contributed by atoms with van der Waals surface area (Å²) in [5.74, 6) is -0.181. The molecule has 5 heteroatoms. The molecule has 21 heavy (non-hydrogen) atoms. The molecule has 108 valence electrons. The van der Waals surface area contributed by atoms with Crippen LogP contribution in [0, 0.1) is 25.2 Å². The Kier molecular flexibility index (Phi) is 4.36. The minimum absolute atomic E-state index is 0.181. The Morgan fingerprint density at radius 3 is 2.38 bits per heavy atom. The molecule has 0 saturated heterocycles. The van der Waals surface area contributed by atoms with Gasteiger partial charge in [-0.25, -0.2) is 8.42 Å². The molecule has 0 unspecified atom stereocenters. The third kappa shape index (κ3) is 3.44. The molecule has 0 aromatic heterocycles. The maximum absolute atomic E-state index is 12.4. The summed E-state index contributed by atoms with van der Waals surface area (Å²) in [5, 5.41) is 9.09. The molecule has 3 nitrogen and oxygen atoms in total. The van der Waals surface area contributed by atoms with Gasteiger partial charge in [-0.15, -0.1) is 0 Å². The number of aryl methyl sites for hydroxylation is 2. The van der Waals surface area contributed by atoms with Crippen molar-refractivity contribution >= 4 is 21.4 Å². The molecule has 0 bridgehead atoms. The fourth-order valence-electron chi connectivity index (χ4n) is 1.93. The molecule has 0 fully saturated rings. The van der Waals surface area contributed by atoms with Crippen LogP contribution < -0.4 is 0 Å². The molecule has 2 aromatic carbocycles. The van der Waals surface area contributed by atoms with E-state index in [1.54, 1.807) is 30.3 Å². The van der Waals surface area contributed by atoms with Gasteiger partial charge < -0.3 is 0 Å².